The van der Waals surface area contributed by atoms with Crippen molar-refractivity contribution in [1.29, 1.82) is 0 Å². The summed E-state index contributed by atoms with van der Waals surface area (Å²) < 4.78 is 4.78. The number of hydrogen-bond donors (Lipinski definition) is 2. The minimum absolute atomic E-state index is 0.0208. The summed E-state index contributed by atoms with van der Waals surface area (Å²) >= 11 is 5.83. The van der Waals surface area contributed by atoms with Gasteiger partial charge in [-0.2, -0.15) is 0 Å². The van der Waals surface area contributed by atoms with Gasteiger partial charge in [-0.3, -0.25) is 30.6 Å². The van der Waals surface area contributed by atoms with Gasteiger partial charge >= 0.3 is 5.97 Å². The van der Waals surface area contributed by atoms with Crippen LogP contribution < -0.4 is 10.9 Å². The second kappa shape index (κ2) is 8.58. The smallest absolute Gasteiger partial charge is 0.340 e. The number of nitro benzene ring substituents is 1. The summed E-state index contributed by atoms with van der Waals surface area (Å²) in [6.45, 7) is -0.653. The van der Waals surface area contributed by atoms with E-state index in [2.05, 4.69) is 5.43 Å². The molecule has 0 heterocycles. The van der Waals surface area contributed by atoms with Crippen molar-refractivity contribution in [2.24, 2.45) is 0 Å². The summed E-state index contributed by atoms with van der Waals surface area (Å²) in [7, 11) is 0. The average Bonchev–Trinajstić information content (AvgIpc) is 2.64. The summed E-state index contributed by atoms with van der Waals surface area (Å²) in [4.78, 5) is 45.3. The van der Waals surface area contributed by atoms with E-state index in [1.165, 1.54) is 30.3 Å². The first-order valence-electron chi connectivity index (χ1n) is 7.14. The van der Waals surface area contributed by atoms with Crippen LogP contribution in [0.4, 0.5) is 5.69 Å². The summed E-state index contributed by atoms with van der Waals surface area (Å²) in [6.07, 6.45) is 0. The Morgan fingerprint density at radius 1 is 1.08 bits per heavy atom. The number of ether oxygens (including phenoxy) is 1. The predicted molar refractivity (Wildman–Crippen MR) is 90.4 cm³/mol. The fraction of sp³-hybridized carbons (Fsp3) is 0.0625. The van der Waals surface area contributed by atoms with Gasteiger partial charge in [0.05, 0.1) is 15.5 Å². The lowest BCUT2D eigenvalue weighted by Crippen LogP contribution is -2.43. The van der Waals surface area contributed by atoms with E-state index in [4.69, 9.17) is 16.3 Å². The van der Waals surface area contributed by atoms with E-state index in [9.17, 15) is 24.5 Å². The van der Waals surface area contributed by atoms with Crippen LogP contribution in [0.25, 0.3) is 0 Å². The monoisotopic (exact) mass is 377 g/mol. The van der Waals surface area contributed by atoms with E-state index in [0.29, 0.717) is 0 Å². The molecule has 26 heavy (non-hydrogen) atoms. The first-order valence-corrected chi connectivity index (χ1v) is 7.51. The number of hydrazine groups is 1. The molecule has 134 valence electrons. The van der Waals surface area contributed by atoms with Crippen molar-refractivity contribution in [3.63, 3.8) is 0 Å². The van der Waals surface area contributed by atoms with Gasteiger partial charge in [0.15, 0.2) is 6.61 Å². The molecule has 9 nitrogen and oxygen atoms in total. The van der Waals surface area contributed by atoms with E-state index in [1.54, 1.807) is 12.1 Å². The molecule has 0 atom stereocenters. The maximum atomic E-state index is 11.9. The lowest BCUT2D eigenvalue weighted by Gasteiger charge is -2.08. The highest BCUT2D eigenvalue weighted by Crippen LogP contribution is 2.15. The van der Waals surface area contributed by atoms with Gasteiger partial charge in [0.25, 0.3) is 17.5 Å². The van der Waals surface area contributed by atoms with Crippen LogP contribution in [0.5, 0.6) is 0 Å². The van der Waals surface area contributed by atoms with Crippen LogP contribution in [0.3, 0.4) is 0 Å². The second-order valence-corrected chi connectivity index (χ2v) is 5.27. The fourth-order valence-electron chi connectivity index (χ4n) is 1.83. The first kappa shape index (κ1) is 18.9. The zero-order valence-corrected chi connectivity index (χ0v) is 13.9. The molecular formula is C16H12ClN3O6. The molecule has 0 radical (unpaired) electrons. The van der Waals surface area contributed by atoms with Gasteiger partial charge in [0.1, 0.15) is 0 Å². The van der Waals surface area contributed by atoms with Gasteiger partial charge in [-0.05, 0) is 18.2 Å². The number of non-ortho nitro benzene ring substituents is 1. The number of amides is 2. The lowest BCUT2D eigenvalue weighted by atomic mass is 10.2. The quantitative estimate of drug-likeness (QED) is 0.465. The Hall–Kier alpha value is -3.46. The number of halogens is 1. The summed E-state index contributed by atoms with van der Waals surface area (Å²) in [5.74, 6) is -2.36. The summed E-state index contributed by atoms with van der Waals surface area (Å²) in [5.41, 5.74) is 3.91. The Morgan fingerprint density at radius 3 is 2.50 bits per heavy atom. The zero-order chi connectivity index (χ0) is 19.1. The van der Waals surface area contributed by atoms with Crippen molar-refractivity contribution >= 4 is 35.1 Å². The van der Waals surface area contributed by atoms with Gasteiger partial charge < -0.3 is 4.74 Å². The molecule has 0 saturated heterocycles. The molecule has 10 heteroatoms. The highest BCUT2D eigenvalue weighted by atomic mass is 35.5. The van der Waals surface area contributed by atoms with Crippen molar-refractivity contribution in [3.8, 4) is 0 Å². The molecule has 0 aliphatic heterocycles. The van der Waals surface area contributed by atoms with Crippen LogP contribution in [-0.2, 0) is 9.53 Å². The maximum Gasteiger partial charge on any atom is 0.340 e. The van der Waals surface area contributed by atoms with Crippen LogP contribution in [0.15, 0.2) is 48.5 Å². The van der Waals surface area contributed by atoms with E-state index in [-0.39, 0.29) is 21.8 Å². The number of nitrogens with zero attached hydrogens (tertiary/aromatic N) is 1. The van der Waals surface area contributed by atoms with Crippen LogP contribution in [0.2, 0.25) is 5.02 Å². The molecule has 2 N–H and O–H groups in total. The molecule has 0 aliphatic rings. The van der Waals surface area contributed by atoms with Crippen LogP contribution >= 0.6 is 11.6 Å². The van der Waals surface area contributed by atoms with Crippen molar-refractivity contribution in [1.82, 2.24) is 10.9 Å². The molecule has 0 fully saturated rings. The third kappa shape index (κ3) is 5.02. The van der Waals surface area contributed by atoms with E-state index in [1.807, 2.05) is 5.43 Å². The number of nitro groups is 1. The van der Waals surface area contributed by atoms with Gasteiger partial charge in [0, 0.05) is 17.7 Å². The Labute approximate surface area is 152 Å². The number of carbonyl (C=O) groups excluding carboxylic acids is 3. The van der Waals surface area contributed by atoms with Crippen molar-refractivity contribution in [2.45, 2.75) is 0 Å². The SMILES string of the molecule is O=C(COC(=O)c1ccccc1Cl)NNC(=O)c1cccc([N+](=O)[O-])c1. The number of esters is 1. The molecule has 0 bridgehead atoms. The highest BCUT2D eigenvalue weighted by Gasteiger charge is 2.15. The summed E-state index contributed by atoms with van der Waals surface area (Å²) in [5, 5.41) is 10.9. The molecule has 2 aromatic carbocycles. The Kier molecular flexibility index (Phi) is 6.23. The van der Waals surface area contributed by atoms with Crippen LogP contribution in [0, 0.1) is 10.1 Å². The van der Waals surface area contributed by atoms with Crippen molar-refractivity contribution in [3.05, 3.63) is 74.8 Å². The van der Waals surface area contributed by atoms with Gasteiger partial charge in [0.2, 0.25) is 0 Å². The molecule has 0 aliphatic carbocycles. The average molecular weight is 378 g/mol. The number of rotatable bonds is 5. The Bertz CT molecular complexity index is 871. The number of benzene rings is 2. The molecule has 2 rings (SSSR count). The first-order chi connectivity index (χ1) is 12.4. The molecule has 0 aromatic heterocycles. The molecular weight excluding hydrogens is 366 g/mol. The van der Waals surface area contributed by atoms with Gasteiger partial charge in [-0.25, -0.2) is 4.79 Å². The molecule has 0 unspecified atom stereocenters. The number of hydrogen-bond acceptors (Lipinski definition) is 6. The Balaban J connectivity index is 1.84. The van der Waals surface area contributed by atoms with Crippen LogP contribution in [0.1, 0.15) is 20.7 Å². The zero-order valence-electron chi connectivity index (χ0n) is 13.1. The van der Waals surface area contributed by atoms with Crippen LogP contribution in [-0.4, -0.2) is 29.3 Å². The third-order valence-electron chi connectivity index (χ3n) is 3.06. The fourth-order valence-corrected chi connectivity index (χ4v) is 2.04. The predicted octanol–water partition coefficient (Wildman–Crippen LogP) is 1.87. The standard InChI is InChI=1S/C16H12ClN3O6/c17-13-7-2-1-6-12(13)16(23)26-9-14(21)18-19-15(22)10-4-3-5-11(8-10)20(24)25/h1-8H,9H2,(H,18,21)(H,19,22). The normalized spacial score (nSPS) is 9.88. The molecule has 2 amide bonds. The van der Waals surface area contributed by atoms with Crippen molar-refractivity contribution in [2.75, 3.05) is 6.61 Å². The second-order valence-electron chi connectivity index (χ2n) is 4.87. The van der Waals surface area contributed by atoms with E-state index >= 15 is 0 Å². The number of nitrogens with one attached hydrogen (secondary N) is 2. The van der Waals surface area contributed by atoms with E-state index < -0.39 is 29.3 Å². The third-order valence-corrected chi connectivity index (χ3v) is 3.39. The van der Waals surface area contributed by atoms with Gasteiger partial charge in [-0.1, -0.05) is 29.8 Å². The molecule has 0 saturated carbocycles. The molecule has 2 aromatic rings. The Morgan fingerprint density at radius 2 is 1.81 bits per heavy atom. The minimum Gasteiger partial charge on any atom is -0.452 e. The molecule has 0 spiro atoms. The largest absolute Gasteiger partial charge is 0.452 e. The highest BCUT2D eigenvalue weighted by molar-refractivity contribution is 6.33. The topological polar surface area (TPSA) is 128 Å². The minimum atomic E-state index is -0.802. The lowest BCUT2D eigenvalue weighted by molar-refractivity contribution is -0.384. The van der Waals surface area contributed by atoms with E-state index in [0.717, 1.165) is 6.07 Å². The maximum absolute atomic E-state index is 11.9. The number of carbonyl (C=O) groups is 3. The summed E-state index contributed by atoms with van der Waals surface area (Å²) in [6, 6.07) is 11.1. The van der Waals surface area contributed by atoms with Gasteiger partial charge in [-0.15, -0.1) is 0 Å². The van der Waals surface area contributed by atoms with Crippen molar-refractivity contribution < 1.29 is 24.0 Å².